The lowest BCUT2D eigenvalue weighted by Crippen LogP contribution is -2.47. The van der Waals surface area contributed by atoms with Crippen molar-refractivity contribution in [3.8, 4) is 0 Å². The molecule has 7 heteroatoms. The first-order valence-electron chi connectivity index (χ1n) is 7.01. The summed E-state index contributed by atoms with van der Waals surface area (Å²) < 4.78 is 0. The van der Waals surface area contributed by atoms with Crippen molar-refractivity contribution in [3.63, 3.8) is 0 Å². The lowest BCUT2D eigenvalue weighted by molar-refractivity contribution is -0.132. The number of thiophene rings is 1. The molecule has 118 valence electrons. The van der Waals surface area contributed by atoms with E-state index in [0.717, 1.165) is 9.89 Å². The molecule has 0 spiro atoms. The fourth-order valence-corrected chi connectivity index (χ4v) is 3.18. The second-order valence-corrected chi connectivity index (χ2v) is 6.70. The van der Waals surface area contributed by atoms with Crippen molar-refractivity contribution in [2.24, 2.45) is 0 Å². The van der Waals surface area contributed by atoms with E-state index in [9.17, 15) is 14.4 Å². The van der Waals surface area contributed by atoms with E-state index in [1.54, 1.807) is 43.3 Å². The van der Waals surface area contributed by atoms with Gasteiger partial charge >= 0.3 is 6.03 Å². The molecule has 1 aromatic carbocycles. The molecule has 1 fully saturated rings. The first-order valence-corrected chi connectivity index (χ1v) is 7.83. The summed E-state index contributed by atoms with van der Waals surface area (Å²) >= 11 is 1.30. The third-order valence-electron chi connectivity index (χ3n) is 3.72. The van der Waals surface area contributed by atoms with Gasteiger partial charge in [-0.1, -0.05) is 30.3 Å². The van der Waals surface area contributed by atoms with Gasteiger partial charge in [-0.3, -0.25) is 15.0 Å². The third kappa shape index (κ3) is 2.59. The van der Waals surface area contributed by atoms with Crippen molar-refractivity contribution in [1.29, 1.82) is 0 Å². The number of imide groups is 1. The topological polar surface area (TPSA) is 78.5 Å². The highest BCUT2D eigenvalue weighted by molar-refractivity contribution is 7.13. The van der Waals surface area contributed by atoms with Crippen molar-refractivity contribution in [3.05, 3.63) is 57.8 Å². The summed E-state index contributed by atoms with van der Waals surface area (Å²) in [5.74, 6) is -1.00. The monoisotopic (exact) mass is 329 g/mol. The summed E-state index contributed by atoms with van der Waals surface area (Å²) in [7, 11) is 0. The largest absolute Gasteiger partial charge is 0.344 e. The number of aryl methyl sites for hydroxylation is 1. The average molecular weight is 329 g/mol. The summed E-state index contributed by atoms with van der Waals surface area (Å²) in [6.45, 7) is 3.49. The van der Waals surface area contributed by atoms with Gasteiger partial charge in [0.15, 0.2) is 0 Å². The minimum atomic E-state index is -1.20. The minimum Gasteiger partial charge on any atom is -0.318 e. The Hall–Kier alpha value is -2.67. The van der Waals surface area contributed by atoms with Gasteiger partial charge in [0.05, 0.1) is 4.88 Å². The van der Waals surface area contributed by atoms with Crippen molar-refractivity contribution >= 4 is 29.2 Å². The molecule has 0 saturated carbocycles. The van der Waals surface area contributed by atoms with E-state index in [4.69, 9.17) is 0 Å². The number of carbonyl (C=O) groups is 3. The second kappa shape index (κ2) is 5.51. The molecule has 2 N–H and O–H groups in total. The molecule has 23 heavy (non-hydrogen) atoms. The Morgan fingerprint density at radius 3 is 2.48 bits per heavy atom. The van der Waals surface area contributed by atoms with Gasteiger partial charge in [-0.25, -0.2) is 4.79 Å². The number of urea groups is 1. The SMILES string of the molecule is Cc1ccc(C(=O)NN2C(=O)N[C@](C)(c3ccccc3)C2=O)s1. The van der Waals surface area contributed by atoms with Crippen LogP contribution in [-0.2, 0) is 10.3 Å². The minimum absolute atomic E-state index is 0.441. The fourth-order valence-electron chi connectivity index (χ4n) is 2.42. The van der Waals surface area contributed by atoms with Crippen molar-refractivity contribution in [2.75, 3.05) is 0 Å². The fraction of sp³-hybridized carbons (Fsp3) is 0.188. The van der Waals surface area contributed by atoms with E-state index in [1.807, 2.05) is 13.0 Å². The van der Waals surface area contributed by atoms with Gasteiger partial charge in [0.1, 0.15) is 5.54 Å². The second-order valence-electron chi connectivity index (χ2n) is 5.41. The number of hydrogen-bond acceptors (Lipinski definition) is 4. The number of hydrogen-bond donors (Lipinski definition) is 2. The standard InChI is InChI=1S/C16H15N3O3S/c1-10-8-9-12(23-10)13(20)18-19-14(21)16(2,17-15(19)22)11-6-4-3-5-7-11/h3-9H,1-2H3,(H,17,22)(H,18,20)/t16-/m1/s1. The van der Waals surface area contributed by atoms with Crippen LogP contribution in [-0.4, -0.2) is 22.9 Å². The van der Waals surface area contributed by atoms with Crippen molar-refractivity contribution in [2.45, 2.75) is 19.4 Å². The Labute approximate surface area is 137 Å². The number of hydrazine groups is 1. The number of benzene rings is 1. The molecule has 2 aromatic rings. The maximum absolute atomic E-state index is 12.6. The first kappa shape index (κ1) is 15.2. The molecular weight excluding hydrogens is 314 g/mol. The molecule has 4 amide bonds. The van der Waals surface area contributed by atoms with E-state index in [2.05, 4.69) is 10.7 Å². The maximum Gasteiger partial charge on any atom is 0.344 e. The molecule has 0 unspecified atom stereocenters. The Balaban J connectivity index is 1.83. The number of carbonyl (C=O) groups excluding carboxylic acids is 3. The van der Waals surface area contributed by atoms with Crippen LogP contribution in [0.2, 0.25) is 0 Å². The maximum atomic E-state index is 12.6. The van der Waals surface area contributed by atoms with Gasteiger partial charge in [0.25, 0.3) is 11.8 Å². The van der Waals surface area contributed by atoms with Gasteiger partial charge in [-0.2, -0.15) is 5.01 Å². The van der Waals surface area contributed by atoms with Gasteiger partial charge < -0.3 is 5.32 Å². The molecule has 1 aromatic heterocycles. The Morgan fingerprint density at radius 1 is 1.17 bits per heavy atom. The summed E-state index contributed by atoms with van der Waals surface area (Å²) in [5, 5.41) is 3.38. The molecule has 2 heterocycles. The highest BCUT2D eigenvalue weighted by atomic mass is 32.1. The lowest BCUT2D eigenvalue weighted by Gasteiger charge is -2.21. The van der Waals surface area contributed by atoms with Crippen LogP contribution >= 0.6 is 11.3 Å². The first-order chi connectivity index (χ1) is 10.9. The summed E-state index contributed by atoms with van der Waals surface area (Å²) in [6, 6.07) is 11.7. The molecule has 3 rings (SSSR count). The van der Waals surface area contributed by atoms with Crippen LogP contribution in [0.15, 0.2) is 42.5 Å². The van der Waals surface area contributed by atoms with Gasteiger partial charge in [0.2, 0.25) is 0 Å². The molecule has 1 aliphatic heterocycles. The molecule has 1 saturated heterocycles. The van der Waals surface area contributed by atoms with Crippen LogP contribution in [0.5, 0.6) is 0 Å². The van der Waals surface area contributed by atoms with Gasteiger partial charge in [0, 0.05) is 4.88 Å². The highest BCUT2D eigenvalue weighted by Crippen LogP contribution is 2.27. The Morgan fingerprint density at radius 2 is 1.87 bits per heavy atom. The predicted molar refractivity (Wildman–Crippen MR) is 85.7 cm³/mol. The smallest absolute Gasteiger partial charge is 0.318 e. The van der Waals surface area contributed by atoms with Crippen LogP contribution in [0.25, 0.3) is 0 Å². The number of nitrogens with one attached hydrogen (secondary N) is 2. The van der Waals surface area contributed by atoms with Crippen LogP contribution in [0.1, 0.15) is 27.0 Å². The Bertz CT molecular complexity index is 787. The van der Waals surface area contributed by atoms with Crippen LogP contribution in [0, 0.1) is 6.92 Å². The number of rotatable bonds is 3. The lowest BCUT2D eigenvalue weighted by atomic mass is 9.92. The number of nitrogens with zero attached hydrogens (tertiary/aromatic N) is 1. The van der Waals surface area contributed by atoms with Crippen LogP contribution in [0.3, 0.4) is 0 Å². The Kier molecular flexibility index (Phi) is 3.65. The third-order valence-corrected chi connectivity index (χ3v) is 4.72. The van der Waals surface area contributed by atoms with Crippen molar-refractivity contribution < 1.29 is 14.4 Å². The van der Waals surface area contributed by atoms with Crippen molar-refractivity contribution in [1.82, 2.24) is 15.8 Å². The molecule has 0 aliphatic carbocycles. The van der Waals surface area contributed by atoms with E-state index in [-0.39, 0.29) is 0 Å². The summed E-state index contributed by atoms with van der Waals surface area (Å²) in [4.78, 5) is 38.4. The zero-order valence-electron chi connectivity index (χ0n) is 12.6. The normalized spacial score (nSPS) is 20.5. The van der Waals surface area contributed by atoms with Crippen LogP contribution in [0.4, 0.5) is 4.79 Å². The molecule has 0 bridgehead atoms. The van der Waals surface area contributed by atoms with E-state index < -0.39 is 23.4 Å². The highest BCUT2D eigenvalue weighted by Gasteiger charge is 2.50. The average Bonchev–Trinajstić information content (AvgIpc) is 3.06. The van der Waals surface area contributed by atoms with Gasteiger partial charge in [-0.05, 0) is 31.5 Å². The molecule has 1 aliphatic rings. The predicted octanol–water partition coefficient (Wildman–Crippen LogP) is 2.17. The van der Waals surface area contributed by atoms with Crippen LogP contribution < -0.4 is 10.7 Å². The number of amides is 4. The molecular formula is C16H15N3O3S. The van der Waals surface area contributed by atoms with E-state index in [0.29, 0.717) is 10.4 Å². The zero-order chi connectivity index (χ0) is 16.6. The molecule has 6 nitrogen and oxygen atoms in total. The summed E-state index contributed by atoms with van der Waals surface area (Å²) in [5.41, 5.74) is 1.83. The molecule has 0 radical (unpaired) electrons. The summed E-state index contributed by atoms with van der Waals surface area (Å²) in [6.07, 6.45) is 0. The van der Waals surface area contributed by atoms with E-state index >= 15 is 0 Å². The van der Waals surface area contributed by atoms with E-state index in [1.165, 1.54) is 11.3 Å². The molecule has 1 atom stereocenters. The van der Waals surface area contributed by atoms with Gasteiger partial charge in [-0.15, -0.1) is 11.3 Å². The zero-order valence-corrected chi connectivity index (χ0v) is 13.4. The quantitative estimate of drug-likeness (QED) is 0.847.